The number of halogens is 1. The van der Waals surface area contributed by atoms with Crippen LogP contribution < -0.4 is 4.72 Å². The van der Waals surface area contributed by atoms with Crippen molar-refractivity contribution in [1.29, 1.82) is 0 Å². The number of benzene rings is 2. The Kier molecular flexibility index (Phi) is 7.00. The quantitative estimate of drug-likeness (QED) is 0.538. The summed E-state index contributed by atoms with van der Waals surface area (Å²) in [6.45, 7) is 3.38. The number of rotatable bonds is 7. The van der Waals surface area contributed by atoms with Gasteiger partial charge in [-0.2, -0.15) is 0 Å². The van der Waals surface area contributed by atoms with E-state index in [1.807, 2.05) is 41.4 Å². The fourth-order valence-corrected chi connectivity index (χ4v) is 4.91. The van der Waals surface area contributed by atoms with Crippen molar-refractivity contribution in [1.82, 2.24) is 19.5 Å². The van der Waals surface area contributed by atoms with Crippen LogP contribution in [-0.2, 0) is 11.2 Å². The van der Waals surface area contributed by atoms with Gasteiger partial charge in [0, 0.05) is 53.2 Å². The van der Waals surface area contributed by atoms with E-state index in [2.05, 4.69) is 39.9 Å². The largest absolute Gasteiger partial charge is 0.361 e. The van der Waals surface area contributed by atoms with Crippen molar-refractivity contribution in [2.24, 2.45) is 0 Å². The number of amides is 1. The zero-order valence-electron chi connectivity index (χ0n) is 17.1. The summed E-state index contributed by atoms with van der Waals surface area (Å²) in [5.41, 5.74) is 2.18. The fraction of sp³-hybridized carbons (Fsp3) is 0.348. The highest BCUT2D eigenvalue weighted by atomic mass is 35.5. The summed E-state index contributed by atoms with van der Waals surface area (Å²) >= 11 is 7.88. The maximum absolute atomic E-state index is 13.3. The highest BCUT2D eigenvalue weighted by Gasteiger charge is 2.27. The molecule has 30 heavy (non-hydrogen) atoms. The number of nitrogens with one attached hydrogen (secondary N) is 2. The van der Waals surface area contributed by atoms with Crippen molar-refractivity contribution in [3.63, 3.8) is 0 Å². The van der Waals surface area contributed by atoms with Crippen molar-refractivity contribution < 1.29 is 4.79 Å². The molecule has 158 valence electrons. The lowest BCUT2D eigenvalue weighted by molar-refractivity contribution is -0.134. The molecule has 1 aliphatic heterocycles. The first kappa shape index (κ1) is 21.2. The molecule has 1 fully saturated rings. The molecular weight excluding hydrogens is 416 g/mol. The molecule has 0 saturated carbocycles. The Hall–Kier alpha value is -1.99. The van der Waals surface area contributed by atoms with E-state index in [1.165, 1.54) is 11.9 Å². The van der Waals surface area contributed by atoms with Gasteiger partial charge in [0.1, 0.15) is 0 Å². The third-order valence-electron chi connectivity index (χ3n) is 5.64. The van der Waals surface area contributed by atoms with Crippen LogP contribution in [-0.4, -0.2) is 60.0 Å². The van der Waals surface area contributed by atoms with E-state index >= 15 is 0 Å². The number of fused-ring (bicyclic) bond motifs is 1. The van der Waals surface area contributed by atoms with Gasteiger partial charge >= 0.3 is 0 Å². The van der Waals surface area contributed by atoms with Gasteiger partial charge in [-0.05, 0) is 61.7 Å². The second-order valence-corrected chi connectivity index (χ2v) is 9.01. The maximum atomic E-state index is 13.3. The molecule has 1 amide bonds. The highest BCUT2D eigenvalue weighted by molar-refractivity contribution is 7.97. The molecule has 4 rings (SSSR count). The van der Waals surface area contributed by atoms with Crippen LogP contribution in [0.25, 0.3) is 10.9 Å². The molecule has 2 aromatic carbocycles. The van der Waals surface area contributed by atoms with E-state index in [0.717, 1.165) is 59.0 Å². The number of aromatic amines is 1. The van der Waals surface area contributed by atoms with E-state index in [-0.39, 0.29) is 11.9 Å². The maximum Gasteiger partial charge on any atom is 0.240 e. The van der Waals surface area contributed by atoms with E-state index in [9.17, 15) is 4.79 Å². The third kappa shape index (κ3) is 5.01. The molecule has 7 heteroatoms. The van der Waals surface area contributed by atoms with Gasteiger partial charge in [-0.3, -0.25) is 4.79 Å². The molecule has 1 saturated heterocycles. The average Bonchev–Trinajstić information content (AvgIpc) is 3.24. The Balaban J connectivity index is 1.48. The highest BCUT2D eigenvalue weighted by Crippen LogP contribution is 2.27. The normalized spacial score (nSPS) is 16.1. The first-order chi connectivity index (χ1) is 14.6. The number of piperazine rings is 1. The number of hydrogen-bond donors (Lipinski definition) is 2. The molecule has 0 aliphatic carbocycles. The number of aromatic nitrogens is 1. The Labute approximate surface area is 186 Å². The van der Waals surface area contributed by atoms with Gasteiger partial charge in [0.05, 0.1) is 6.04 Å². The van der Waals surface area contributed by atoms with Crippen LogP contribution in [0, 0.1) is 0 Å². The minimum Gasteiger partial charge on any atom is -0.361 e. The van der Waals surface area contributed by atoms with Gasteiger partial charge in [-0.15, -0.1) is 0 Å². The van der Waals surface area contributed by atoms with Crippen LogP contribution in [0.4, 0.5) is 0 Å². The fourth-order valence-electron chi connectivity index (χ4n) is 3.76. The summed E-state index contributed by atoms with van der Waals surface area (Å²) in [5, 5.41) is 1.92. The second-order valence-electron chi connectivity index (χ2n) is 7.73. The van der Waals surface area contributed by atoms with Crippen molar-refractivity contribution in [3.8, 4) is 0 Å². The smallest absolute Gasteiger partial charge is 0.240 e. The van der Waals surface area contributed by atoms with Crippen molar-refractivity contribution in [2.75, 3.05) is 33.2 Å². The Morgan fingerprint density at radius 2 is 1.93 bits per heavy atom. The van der Waals surface area contributed by atoms with Crippen LogP contribution in [0.2, 0.25) is 5.02 Å². The molecule has 1 atom stereocenters. The number of hydrogen-bond acceptors (Lipinski definition) is 4. The molecular formula is C23H27ClN4OS. The number of carbonyl (C=O) groups excluding carboxylic acids is 1. The summed E-state index contributed by atoms with van der Waals surface area (Å²) in [5.74, 6) is 0.170. The van der Waals surface area contributed by atoms with Crippen LogP contribution >= 0.6 is 23.5 Å². The molecule has 3 aromatic rings. The van der Waals surface area contributed by atoms with Gasteiger partial charge in [0.15, 0.2) is 0 Å². The van der Waals surface area contributed by atoms with Gasteiger partial charge < -0.3 is 14.8 Å². The molecule has 1 aliphatic rings. The Morgan fingerprint density at radius 3 is 2.73 bits per heavy atom. The summed E-state index contributed by atoms with van der Waals surface area (Å²) in [4.78, 5) is 21.9. The lowest BCUT2D eigenvalue weighted by Crippen LogP contribution is -2.52. The SMILES string of the molecule is CN1CCN(C(=O)C(CCc2ccccc2Cl)NSc2cccc3[nH]ccc23)CC1. The lowest BCUT2D eigenvalue weighted by atomic mass is 10.0. The van der Waals surface area contributed by atoms with Gasteiger partial charge in [-0.25, -0.2) is 4.72 Å². The second kappa shape index (κ2) is 9.88. The molecule has 5 nitrogen and oxygen atoms in total. The van der Waals surface area contributed by atoms with Gasteiger partial charge in [0.25, 0.3) is 0 Å². The first-order valence-electron chi connectivity index (χ1n) is 10.3. The summed E-state index contributed by atoms with van der Waals surface area (Å²) in [7, 11) is 2.10. The first-order valence-corrected chi connectivity index (χ1v) is 11.5. The number of aryl methyl sites for hydroxylation is 1. The van der Waals surface area contributed by atoms with E-state index in [0.29, 0.717) is 6.42 Å². The molecule has 0 spiro atoms. The molecule has 1 unspecified atom stereocenters. The van der Waals surface area contributed by atoms with Crippen molar-refractivity contribution in [3.05, 3.63) is 65.3 Å². The minimum atomic E-state index is -0.274. The van der Waals surface area contributed by atoms with E-state index in [4.69, 9.17) is 11.6 Å². The topological polar surface area (TPSA) is 51.4 Å². The van der Waals surface area contributed by atoms with Crippen molar-refractivity contribution in [2.45, 2.75) is 23.8 Å². The predicted octanol–water partition coefficient (Wildman–Crippen LogP) is 4.19. The molecule has 2 heterocycles. The molecule has 0 radical (unpaired) electrons. The zero-order valence-corrected chi connectivity index (χ0v) is 18.7. The minimum absolute atomic E-state index is 0.170. The Bertz CT molecular complexity index is 1000. The van der Waals surface area contributed by atoms with E-state index < -0.39 is 0 Å². The van der Waals surface area contributed by atoms with Gasteiger partial charge in [-0.1, -0.05) is 35.9 Å². The van der Waals surface area contributed by atoms with E-state index in [1.54, 1.807) is 0 Å². The Morgan fingerprint density at radius 1 is 1.13 bits per heavy atom. The van der Waals surface area contributed by atoms with Crippen molar-refractivity contribution >= 4 is 40.4 Å². The summed E-state index contributed by atoms with van der Waals surface area (Å²) in [6.07, 6.45) is 3.40. The number of carbonyl (C=O) groups is 1. The zero-order chi connectivity index (χ0) is 20.9. The number of nitrogens with zero attached hydrogens (tertiary/aromatic N) is 2. The lowest BCUT2D eigenvalue weighted by Gasteiger charge is -2.34. The number of H-pyrrole nitrogens is 1. The predicted molar refractivity (Wildman–Crippen MR) is 125 cm³/mol. The third-order valence-corrected chi connectivity index (χ3v) is 6.99. The van der Waals surface area contributed by atoms with Crippen LogP contribution in [0.15, 0.2) is 59.6 Å². The number of likely N-dealkylation sites (N-methyl/N-ethyl adjacent to an activating group) is 1. The van der Waals surface area contributed by atoms with Crippen LogP contribution in [0.3, 0.4) is 0 Å². The molecule has 1 aromatic heterocycles. The van der Waals surface area contributed by atoms with Crippen LogP contribution in [0.1, 0.15) is 12.0 Å². The van der Waals surface area contributed by atoms with Crippen LogP contribution in [0.5, 0.6) is 0 Å². The average molecular weight is 443 g/mol. The monoisotopic (exact) mass is 442 g/mol. The molecule has 2 N–H and O–H groups in total. The standard InChI is InChI=1S/C23H27ClN4OS/c1-27-13-15-28(16-14-27)23(29)21(10-9-17-5-2-3-6-19(17)24)26-30-22-8-4-7-20-18(22)11-12-25-20/h2-8,11-12,21,25-26H,9-10,13-16H2,1H3. The summed E-state index contributed by atoms with van der Waals surface area (Å²) < 4.78 is 3.47. The molecule has 0 bridgehead atoms. The van der Waals surface area contributed by atoms with Gasteiger partial charge in [0.2, 0.25) is 5.91 Å². The summed E-state index contributed by atoms with van der Waals surface area (Å²) in [6, 6.07) is 15.8.